The van der Waals surface area contributed by atoms with Crippen LogP contribution in [-0.4, -0.2) is 4.57 Å². The molecule has 0 aliphatic heterocycles. The minimum Gasteiger partial charge on any atom is -0.354 e. The first kappa shape index (κ1) is 5.64. The predicted molar refractivity (Wildman–Crippen MR) is 45.3 cm³/mol. The maximum atomic E-state index is 2.35. The average Bonchev–Trinajstić information content (AvgIpc) is 2.71. The first-order valence-corrected chi connectivity index (χ1v) is 4.19. The van der Waals surface area contributed by atoms with Crippen molar-refractivity contribution >= 4 is 6.08 Å². The Bertz CT molecular complexity index is 333. The third kappa shape index (κ3) is 0.609. The molecule has 1 heterocycles. The van der Waals surface area contributed by atoms with Crippen LogP contribution in [-0.2, 0) is 7.05 Å². The third-order valence-corrected chi connectivity index (χ3v) is 2.87. The molecule has 0 saturated heterocycles. The van der Waals surface area contributed by atoms with Gasteiger partial charge in [-0.1, -0.05) is 12.2 Å². The lowest BCUT2D eigenvalue weighted by Crippen LogP contribution is -1.97. The highest BCUT2D eigenvalue weighted by Gasteiger charge is 2.41. The Labute approximate surface area is 66.3 Å². The Balaban J connectivity index is 2.27. The van der Waals surface area contributed by atoms with Crippen molar-refractivity contribution in [3.8, 4) is 0 Å². The Kier molecular flexibility index (Phi) is 0.823. The van der Waals surface area contributed by atoms with Gasteiger partial charge in [-0.2, -0.15) is 0 Å². The van der Waals surface area contributed by atoms with Gasteiger partial charge in [0.15, 0.2) is 0 Å². The van der Waals surface area contributed by atoms with Gasteiger partial charge in [0.05, 0.1) is 0 Å². The van der Waals surface area contributed by atoms with Gasteiger partial charge in [0.1, 0.15) is 0 Å². The standard InChI is InChI=1S/C10H11N/c1-11-5-4-7-2-3-8-6-9(8)10(7)11/h2-5,8-9H,6H2,1H3. The molecule has 1 aromatic rings. The number of hydrogen-bond donors (Lipinski definition) is 0. The van der Waals surface area contributed by atoms with E-state index in [0.29, 0.717) is 0 Å². The van der Waals surface area contributed by atoms with E-state index in [1.807, 2.05) is 0 Å². The van der Waals surface area contributed by atoms with Crippen LogP contribution in [0.2, 0.25) is 0 Å². The van der Waals surface area contributed by atoms with E-state index >= 15 is 0 Å². The SMILES string of the molecule is Cn1ccc2c1C1CC1C=C2. The third-order valence-electron chi connectivity index (χ3n) is 2.87. The second kappa shape index (κ2) is 1.60. The minimum absolute atomic E-state index is 0.856. The zero-order valence-electron chi connectivity index (χ0n) is 6.62. The summed E-state index contributed by atoms with van der Waals surface area (Å²) in [5.41, 5.74) is 2.99. The number of rotatable bonds is 0. The number of fused-ring (bicyclic) bond motifs is 3. The van der Waals surface area contributed by atoms with Crippen LogP contribution in [0.15, 0.2) is 18.3 Å². The fourth-order valence-corrected chi connectivity index (χ4v) is 2.15. The van der Waals surface area contributed by atoms with E-state index in [9.17, 15) is 0 Å². The van der Waals surface area contributed by atoms with Crippen molar-refractivity contribution in [2.75, 3.05) is 0 Å². The monoisotopic (exact) mass is 145 g/mol. The van der Waals surface area contributed by atoms with Crippen molar-refractivity contribution in [3.05, 3.63) is 29.6 Å². The molecule has 11 heavy (non-hydrogen) atoms. The van der Waals surface area contributed by atoms with Crippen LogP contribution in [0.3, 0.4) is 0 Å². The van der Waals surface area contributed by atoms with Crippen molar-refractivity contribution in [2.24, 2.45) is 13.0 Å². The number of aryl methyl sites for hydroxylation is 1. The van der Waals surface area contributed by atoms with Crippen LogP contribution in [0, 0.1) is 5.92 Å². The first-order chi connectivity index (χ1) is 5.36. The zero-order chi connectivity index (χ0) is 7.42. The topological polar surface area (TPSA) is 4.93 Å². The molecule has 0 bridgehead atoms. The van der Waals surface area contributed by atoms with Crippen molar-refractivity contribution in [2.45, 2.75) is 12.3 Å². The molecular formula is C10H11N. The summed E-state index contributed by atoms with van der Waals surface area (Å²) in [6.07, 6.45) is 8.16. The summed E-state index contributed by atoms with van der Waals surface area (Å²) < 4.78 is 2.27. The molecule has 1 nitrogen and oxygen atoms in total. The van der Waals surface area contributed by atoms with Crippen LogP contribution >= 0.6 is 0 Å². The molecule has 2 unspecified atom stereocenters. The number of aromatic nitrogens is 1. The summed E-state index contributed by atoms with van der Waals surface area (Å²) in [4.78, 5) is 0. The number of allylic oxidation sites excluding steroid dienone is 1. The van der Waals surface area contributed by atoms with E-state index in [1.54, 1.807) is 5.69 Å². The maximum absolute atomic E-state index is 2.35. The average molecular weight is 145 g/mol. The molecule has 0 N–H and O–H groups in total. The molecule has 1 saturated carbocycles. The first-order valence-electron chi connectivity index (χ1n) is 4.19. The molecule has 0 spiro atoms. The quantitative estimate of drug-likeness (QED) is 0.527. The van der Waals surface area contributed by atoms with Crippen molar-refractivity contribution in [1.29, 1.82) is 0 Å². The highest BCUT2D eigenvalue weighted by molar-refractivity contribution is 5.59. The van der Waals surface area contributed by atoms with Gasteiger partial charge < -0.3 is 4.57 Å². The molecule has 0 radical (unpaired) electrons. The highest BCUT2D eigenvalue weighted by atomic mass is 14.9. The Hall–Kier alpha value is -0.980. The second-order valence-electron chi connectivity index (χ2n) is 3.63. The molecule has 0 amide bonds. The van der Waals surface area contributed by atoms with Crippen LogP contribution < -0.4 is 0 Å². The molecular weight excluding hydrogens is 134 g/mol. The van der Waals surface area contributed by atoms with Crippen LogP contribution in [0.5, 0.6) is 0 Å². The maximum Gasteiger partial charge on any atom is 0.0281 e. The normalized spacial score (nSPS) is 31.4. The van der Waals surface area contributed by atoms with Crippen molar-refractivity contribution < 1.29 is 0 Å². The van der Waals surface area contributed by atoms with E-state index < -0.39 is 0 Å². The van der Waals surface area contributed by atoms with Crippen LogP contribution in [0.4, 0.5) is 0 Å². The summed E-state index contributed by atoms with van der Waals surface area (Å²) >= 11 is 0. The van der Waals surface area contributed by atoms with Crippen molar-refractivity contribution in [1.82, 2.24) is 4.57 Å². The highest BCUT2D eigenvalue weighted by Crippen LogP contribution is 2.52. The molecule has 1 fully saturated rings. The molecule has 3 rings (SSSR count). The van der Waals surface area contributed by atoms with Gasteiger partial charge in [-0.25, -0.2) is 0 Å². The largest absolute Gasteiger partial charge is 0.354 e. The van der Waals surface area contributed by atoms with E-state index in [-0.39, 0.29) is 0 Å². The summed E-state index contributed by atoms with van der Waals surface area (Å²) in [6.45, 7) is 0. The Morgan fingerprint density at radius 1 is 1.55 bits per heavy atom. The Morgan fingerprint density at radius 3 is 3.36 bits per heavy atom. The van der Waals surface area contributed by atoms with E-state index in [2.05, 4.69) is 36.0 Å². The summed E-state index contributed by atoms with van der Waals surface area (Å²) in [6, 6.07) is 2.21. The van der Waals surface area contributed by atoms with E-state index in [1.165, 1.54) is 12.0 Å². The van der Waals surface area contributed by atoms with Gasteiger partial charge >= 0.3 is 0 Å². The van der Waals surface area contributed by atoms with E-state index in [0.717, 1.165) is 11.8 Å². The zero-order valence-corrected chi connectivity index (χ0v) is 6.62. The molecule has 0 aromatic carbocycles. The summed E-state index contributed by atoms with van der Waals surface area (Å²) in [7, 11) is 2.15. The van der Waals surface area contributed by atoms with Crippen molar-refractivity contribution in [3.63, 3.8) is 0 Å². The van der Waals surface area contributed by atoms with Gasteiger partial charge in [0.2, 0.25) is 0 Å². The lowest BCUT2D eigenvalue weighted by Gasteiger charge is -2.06. The molecule has 2 aliphatic carbocycles. The van der Waals surface area contributed by atoms with Gasteiger partial charge in [0, 0.05) is 24.9 Å². The fourth-order valence-electron chi connectivity index (χ4n) is 2.15. The number of nitrogens with zero attached hydrogens (tertiary/aromatic N) is 1. The minimum atomic E-state index is 0.856. The van der Waals surface area contributed by atoms with Crippen LogP contribution in [0.1, 0.15) is 23.6 Å². The molecule has 1 heteroatoms. The predicted octanol–water partition coefficient (Wildman–Crippen LogP) is 2.16. The second-order valence-corrected chi connectivity index (χ2v) is 3.63. The fraction of sp³-hybridized carbons (Fsp3) is 0.400. The Morgan fingerprint density at radius 2 is 2.45 bits per heavy atom. The van der Waals surface area contributed by atoms with Gasteiger partial charge in [0.25, 0.3) is 0 Å². The molecule has 1 aromatic heterocycles. The van der Waals surface area contributed by atoms with E-state index in [4.69, 9.17) is 0 Å². The van der Waals surface area contributed by atoms with Gasteiger partial charge in [-0.15, -0.1) is 0 Å². The lowest BCUT2D eigenvalue weighted by atomic mass is 10.1. The van der Waals surface area contributed by atoms with Crippen LogP contribution in [0.25, 0.3) is 6.08 Å². The summed E-state index contributed by atoms with van der Waals surface area (Å²) in [5, 5.41) is 0. The molecule has 2 aliphatic rings. The molecule has 2 atom stereocenters. The van der Waals surface area contributed by atoms with Gasteiger partial charge in [-0.3, -0.25) is 0 Å². The smallest absolute Gasteiger partial charge is 0.0281 e. The van der Waals surface area contributed by atoms with Gasteiger partial charge in [-0.05, 0) is 24.0 Å². The summed E-state index contributed by atoms with van der Waals surface area (Å²) in [5.74, 6) is 1.73. The lowest BCUT2D eigenvalue weighted by molar-refractivity contribution is 0.806. The molecule has 56 valence electrons. The number of hydrogen-bond acceptors (Lipinski definition) is 0.